The van der Waals surface area contributed by atoms with E-state index in [-0.39, 0.29) is 0 Å². The van der Waals surface area contributed by atoms with Crippen LogP contribution in [-0.4, -0.2) is 19.7 Å². The summed E-state index contributed by atoms with van der Waals surface area (Å²) in [6, 6.07) is 0. The van der Waals surface area contributed by atoms with Crippen LogP contribution in [0.15, 0.2) is 21.9 Å². The van der Waals surface area contributed by atoms with Crippen molar-refractivity contribution in [3.8, 4) is 0 Å². The lowest BCUT2D eigenvalue weighted by atomic mass is 10.6. The van der Waals surface area contributed by atoms with Crippen LogP contribution in [-0.2, 0) is 4.74 Å². The molecule has 0 unspecified atom stereocenters. The van der Waals surface area contributed by atoms with Crippen LogP contribution >= 0.6 is 0 Å². The predicted molar refractivity (Wildman–Crippen MR) is 43.4 cm³/mol. The third-order valence-corrected chi connectivity index (χ3v) is 0.984. The average molecular weight is 140 g/mol. The molecule has 0 saturated heterocycles. The van der Waals surface area contributed by atoms with Crippen LogP contribution < -0.4 is 0 Å². The monoisotopic (exact) mass is 140 g/mol. The number of ether oxygens (including phenoxy) is 1. The molecule has 0 aliphatic carbocycles. The lowest BCUT2D eigenvalue weighted by Gasteiger charge is -1.93. The molecule has 0 amide bonds. The fraction of sp³-hybridized carbons (Fsp3) is 0.429. The molecule has 0 N–H and O–H groups in total. The Kier molecular flexibility index (Phi) is 4.20. The van der Waals surface area contributed by atoms with Gasteiger partial charge in [-0.1, -0.05) is 0 Å². The first-order chi connectivity index (χ1) is 4.70. The molecule has 56 valence electrons. The number of nitrogens with zero attached hydrogens (tertiary/aromatic N) is 2. The summed E-state index contributed by atoms with van der Waals surface area (Å²) in [5, 5.41) is 0. The second-order valence-corrected chi connectivity index (χ2v) is 1.78. The lowest BCUT2D eigenvalue weighted by molar-refractivity contribution is 0.292. The van der Waals surface area contributed by atoms with Crippen molar-refractivity contribution in [2.45, 2.75) is 13.8 Å². The van der Waals surface area contributed by atoms with Crippen LogP contribution in [0.2, 0.25) is 0 Å². The van der Waals surface area contributed by atoms with Crippen LogP contribution in [0.1, 0.15) is 13.8 Å². The SMILES string of the molecule is C=N/C(C)=N\C=C(/C)OC. The summed E-state index contributed by atoms with van der Waals surface area (Å²) < 4.78 is 4.84. The summed E-state index contributed by atoms with van der Waals surface area (Å²) in [7, 11) is 1.60. The van der Waals surface area contributed by atoms with E-state index in [2.05, 4.69) is 16.7 Å². The van der Waals surface area contributed by atoms with E-state index >= 15 is 0 Å². The number of aliphatic imine (C=N–C) groups is 2. The minimum atomic E-state index is 0.636. The van der Waals surface area contributed by atoms with Gasteiger partial charge in [-0.2, -0.15) is 0 Å². The summed E-state index contributed by atoms with van der Waals surface area (Å²) in [6.07, 6.45) is 1.60. The van der Waals surface area contributed by atoms with Gasteiger partial charge in [0.15, 0.2) is 0 Å². The Bertz CT molecular complexity index is 170. The molecule has 0 atom stereocenters. The lowest BCUT2D eigenvalue weighted by Crippen LogP contribution is -1.82. The number of allylic oxidation sites excluding steroid dienone is 1. The van der Waals surface area contributed by atoms with Crippen LogP contribution in [0.25, 0.3) is 0 Å². The van der Waals surface area contributed by atoms with Crippen molar-refractivity contribution in [2.75, 3.05) is 7.11 Å². The standard InChI is InChI=1S/C7H12N2O/c1-6(10-4)5-9-7(2)8-3/h5H,3H2,1-2,4H3/b6-5+,9-7-. The summed E-state index contributed by atoms with van der Waals surface area (Å²) in [5.74, 6) is 1.39. The molecule has 10 heavy (non-hydrogen) atoms. The maximum atomic E-state index is 4.84. The molecule has 0 radical (unpaired) electrons. The zero-order chi connectivity index (χ0) is 7.98. The van der Waals surface area contributed by atoms with Gasteiger partial charge in [-0.25, -0.2) is 9.98 Å². The van der Waals surface area contributed by atoms with Crippen molar-refractivity contribution in [1.29, 1.82) is 0 Å². The highest BCUT2D eigenvalue weighted by Crippen LogP contribution is 1.92. The van der Waals surface area contributed by atoms with Gasteiger partial charge in [0.1, 0.15) is 11.6 Å². The van der Waals surface area contributed by atoms with Gasteiger partial charge < -0.3 is 4.74 Å². The molecule has 0 fully saturated rings. The van der Waals surface area contributed by atoms with E-state index in [0.29, 0.717) is 5.84 Å². The van der Waals surface area contributed by atoms with E-state index < -0.39 is 0 Å². The molecule has 0 heterocycles. The molecule has 0 rings (SSSR count). The van der Waals surface area contributed by atoms with Gasteiger partial charge in [0.25, 0.3) is 0 Å². The van der Waals surface area contributed by atoms with Crippen molar-refractivity contribution >= 4 is 12.6 Å². The van der Waals surface area contributed by atoms with E-state index in [1.807, 2.05) is 6.92 Å². The smallest absolute Gasteiger partial charge is 0.124 e. The second kappa shape index (κ2) is 4.73. The molecule has 0 aliphatic rings. The highest BCUT2D eigenvalue weighted by atomic mass is 16.5. The molecule has 0 aromatic carbocycles. The predicted octanol–water partition coefficient (Wildman–Crippen LogP) is 1.61. The molecular formula is C7H12N2O. The summed E-state index contributed by atoms with van der Waals surface area (Å²) >= 11 is 0. The maximum absolute atomic E-state index is 4.84. The summed E-state index contributed by atoms with van der Waals surface area (Å²) in [6.45, 7) is 6.90. The average Bonchev–Trinajstić information content (AvgIpc) is 1.99. The van der Waals surface area contributed by atoms with Gasteiger partial charge in [0.2, 0.25) is 0 Å². The normalized spacial score (nSPS) is 13.1. The van der Waals surface area contributed by atoms with E-state index in [9.17, 15) is 0 Å². The quantitative estimate of drug-likeness (QED) is 0.326. The number of hydrogen-bond acceptors (Lipinski definition) is 2. The fourth-order valence-corrected chi connectivity index (χ4v) is 0.278. The molecule has 0 aliphatic heterocycles. The highest BCUT2D eigenvalue weighted by molar-refractivity contribution is 5.84. The molecule has 0 bridgehead atoms. The number of methoxy groups -OCH3 is 1. The van der Waals surface area contributed by atoms with E-state index in [4.69, 9.17) is 4.74 Å². The third kappa shape index (κ3) is 3.83. The van der Waals surface area contributed by atoms with Gasteiger partial charge in [0.05, 0.1) is 13.3 Å². The van der Waals surface area contributed by atoms with E-state index in [0.717, 1.165) is 5.76 Å². The van der Waals surface area contributed by atoms with Crippen molar-refractivity contribution < 1.29 is 4.74 Å². The van der Waals surface area contributed by atoms with Gasteiger partial charge >= 0.3 is 0 Å². The van der Waals surface area contributed by atoms with Gasteiger partial charge in [0, 0.05) is 0 Å². The third-order valence-electron chi connectivity index (χ3n) is 0.984. The Morgan fingerprint density at radius 3 is 2.50 bits per heavy atom. The van der Waals surface area contributed by atoms with Gasteiger partial charge in [-0.05, 0) is 20.6 Å². The van der Waals surface area contributed by atoms with Crippen LogP contribution in [0.5, 0.6) is 0 Å². The Hall–Kier alpha value is -1.12. The minimum Gasteiger partial charge on any atom is -0.500 e. The van der Waals surface area contributed by atoms with Crippen LogP contribution in [0.3, 0.4) is 0 Å². The largest absolute Gasteiger partial charge is 0.500 e. The van der Waals surface area contributed by atoms with Crippen LogP contribution in [0, 0.1) is 0 Å². The first kappa shape index (κ1) is 8.88. The summed E-state index contributed by atoms with van der Waals surface area (Å²) in [5.41, 5.74) is 0. The second-order valence-electron chi connectivity index (χ2n) is 1.78. The van der Waals surface area contributed by atoms with Crippen LogP contribution in [0.4, 0.5) is 0 Å². The number of rotatable bonds is 2. The summed E-state index contributed by atoms with van der Waals surface area (Å²) in [4.78, 5) is 7.51. The highest BCUT2D eigenvalue weighted by Gasteiger charge is 1.81. The zero-order valence-corrected chi connectivity index (χ0v) is 6.59. The van der Waals surface area contributed by atoms with E-state index in [1.165, 1.54) is 0 Å². The first-order valence-corrected chi connectivity index (χ1v) is 2.92. The molecule has 3 nitrogen and oxygen atoms in total. The fourth-order valence-electron chi connectivity index (χ4n) is 0.278. The number of hydrogen-bond donors (Lipinski definition) is 0. The zero-order valence-electron chi connectivity index (χ0n) is 6.59. The van der Waals surface area contributed by atoms with Gasteiger partial charge in [-0.15, -0.1) is 0 Å². The molecule has 3 heteroatoms. The molecule has 0 aromatic rings. The minimum absolute atomic E-state index is 0.636. The topological polar surface area (TPSA) is 34.0 Å². The Balaban J connectivity index is 4.03. The van der Waals surface area contributed by atoms with Crippen molar-refractivity contribution in [2.24, 2.45) is 9.98 Å². The Labute approximate surface area is 61.1 Å². The molecule has 0 aromatic heterocycles. The van der Waals surface area contributed by atoms with Crippen molar-refractivity contribution in [1.82, 2.24) is 0 Å². The van der Waals surface area contributed by atoms with Crippen molar-refractivity contribution in [3.05, 3.63) is 12.0 Å². The number of amidine groups is 1. The Morgan fingerprint density at radius 1 is 1.50 bits per heavy atom. The Morgan fingerprint density at radius 2 is 2.10 bits per heavy atom. The maximum Gasteiger partial charge on any atom is 0.124 e. The molecule has 0 saturated carbocycles. The molecule has 0 spiro atoms. The first-order valence-electron chi connectivity index (χ1n) is 2.92. The van der Waals surface area contributed by atoms with E-state index in [1.54, 1.807) is 20.2 Å². The van der Waals surface area contributed by atoms with Gasteiger partial charge in [-0.3, -0.25) is 0 Å². The molecular weight excluding hydrogens is 128 g/mol. The van der Waals surface area contributed by atoms with Crippen molar-refractivity contribution in [3.63, 3.8) is 0 Å².